The number of hydrogen-bond donors (Lipinski definition) is 3. The van der Waals surface area contributed by atoms with Gasteiger partial charge < -0.3 is 10.4 Å². The number of hydrogen-bond acceptors (Lipinski definition) is 4. The number of amides is 1. The third-order valence-electron chi connectivity index (χ3n) is 5.44. The Hall–Kier alpha value is -2.21. The fourth-order valence-corrected chi connectivity index (χ4v) is 4.08. The summed E-state index contributed by atoms with van der Waals surface area (Å²) in [4.78, 5) is 16.6. The number of benzene rings is 1. The second-order valence-electron chi connectivity index (χ2n) is 6.99. The summed E-state index contributed by atoms with van der Waals surface area (Å²) in [5, 5.41) is 20.1. The number of aliphatic hydroxyl groups excluding tert-OH is 1. The SMILES string of the molecule is O=C(NC[C@@H]1C[C@@H](c2ncn[nH]2)C[C@@H]1O)C1Cc2ccccc2C1. The van der Waals surface area contributed by atoms with Gasteiger partial charge in [-0.05, 0) is 36.8 Å². The number of rotatable bonds is 4. The van der Waals surface area contributed by atoms with E-state index < -0.39 is 6.10 Å². The standard InChI is InChI=1S/C18H22N4O2/c23-16-8-13(17-20-10-21-22-17)7-15(16)9-19-18(24)14-5-11-3-1-2-4-12(11)6-14/h1-4,10,13-16,23H,5-9H2,(H,19,24)(H,20,21,22)/t13-,15+,16+/m1/s1. The number of nitrogens with one attached hydrogen (secondary N) is 2. The van der Waals surface area contributed by atoms with Gasteiger partial charge in [0.05, 0.1) is 6.10 Å². The average Bonchev–Trinajstić information content (AvgIpc) is 3.31. The maximum atomic E-state index is 12.5. The van der Waals surface area contributed by atoms with Crippen LogP contribution in [-0.2, 0) is 17.6 Å². The summed E-state index contributed by atoms with van der Waals surface area (Å²) in [6, 6.07) is 8.26. The zero-order chi connectivity index (χ0) is 16.5. The Kier molecular flexibility index (Phi) is 4.06. The molecule has 4 rings (SSSR count). The van der Waals surface area contributed by atoms with Gasteiger partial charge in [-0.25, -0.2) is 4.98 Å². The van der Waals surface area contributed by atoms with Gasteiger partial charge in [0.1, 0.15) is 12.2 Å². The Labute approximate surface area is 140 Å². The van der Waals surface area contributed by atoms with E-state index in [0.29, 0.717) is 13.0 Å². The molecule has 0 saturated heterocycles. The van der Waals surface area contributed by atoms with Crippen molar-refractivity contribution >= 4 is 5.91 Å². The van der Waals surface area contributed by atoms with E-state index >= 15 is 0 Å². The molecule has 2 aromatic rings. The summed E-state index contributed by atoms with van der Waals surface area (Å²) in [6.45, 7) is 0.525. The molecule has 0 bridgehead atoms. The largest absolute Gasteiger partial charge is 0.393 e. The van der Waals surface area contributed by atoms with Crippen LogP contribution < -0.4 is 5.32 Å². The van der Waals surface area contributed by atoms with Gasteiger partial charge in [-0.2, -0.15) is 5.10 Å². The fourth-order valence-electron chi connectivity index (χ4n) is 4.08. The molecule has 3 N–H and O–H groups in total. The van der Waals surface area contributed by atoms with Gasteiger partial charge in [-0.1, -0.05) is 24.3 Å². The Balaban J connectivity index is 1.30. The van der Waals surface area contributed by atoms with Crippen molar-refractivity contribution in [3.05, 3.63) is 47.5 Å². The molecule has 1 aromatic carbocycles. The van der Waals surface area contributed by atoms with Crippen LogP contribution >= 0.6 is 0 Å². The van der Waals surface area contributed by atoms with E-state index in [2.05, 4.69) is 32.6 Å². The first-order chi connectivity index (χ1) is 11.7. The third-order valence-corrected chi connectivity index (χ3v) is 5.44. The van der Waals surface area contributed by atoms with Gasteiger partial charge in [-0.3, -0.25) is 9.89 Å². The van der Waals surface area contributed by atoms with Crippen LogP contribution in [0, 0.1) is 11.8 Å². The lowest BCUT2D eigenvalue weighted by molar-refractivity contribution is -0.125. The van der Waals surface area contributed by atoms with E-state index in [4.69, 9.17) is 0 Å². The normalized spacial score (nSPS) is 26.5. The van der Waals surface area contributed by atoms with Crippen LogP contribution in [0.2, 0.25) is 0 Å². The van der Waals surface area contributed by atoms with Gasteiger partial charge in [0.2, 0.25) is 5.91 Å². The van der Waals surface area contributed by atoms with Crippen LogP contribution in [0.15, 0.2) is 30.6 Å². The maximum absolute atomic E-state index is 12.5. The lowest BCUT2D eigenvalue weighted by Gasteiger charge is -2.17. The van der Waals surface area contributed by atoms with Gasteiger partial charge in [0.15, 0.2) is 0 Å². The molecule has 1 saturated carbocycles. The van der Waals surface area contributed by atoms with Crippen LogP contribution in [0.25, 0.3) is 0 Å². The van der Waals surface area contributed by atoms with Gasteiger partial charge in [0.25, 0.3) is 0 Å². The molecule has 1 fully saturated rings. The number of H-pyrrole nitrogens is 1. The lowest BCUT2D eigenvalue weighted by Crippen LogP contribution is -2.36. The minimum Gasteiger partial charge on any atom is -0.393 e. The topological polar surface area (TPSA) is 90.9 Å². The van der Waals surface area contributed by atoms with Crippen LogP contribution in [-0.4, -0.2) is 38.8 Å². The van der Waals surface area contributed by atoms with Crippen LogP contribution in [0.4, 0.5) is 0 Å². The highest BCUT2D eigenvalue weighted by Crippen LogP contribution is 2.36. The number of carbonyl (C=O) groups is 1. The van der Waals surface area contributed by atoms with Crippen molar-refractivity contribution in [1.82, 2.24) is 20.5 Å². The van der Waals surface area contributed by atoms with Crippen molar-refractivity contribution in [2.45, 2.75) is 37.7 Å². The number of carbonyl (C=O) groups excluding carboxylic acids is 1. The highest BCUT2D eigenvalue weighted by Gasteiger charge is 2.36. The molecule has 1 aromatic heterocycles. The molecule has 0 unspecified atom stereocenters. The summed E-state index contributed by atoms with van der Waals surface area (Å²) < 4.78 is 0. The number of aliphatic hydroxyl groups is 1. The van der Waals surface area contributed by atoms with Crippen LogP contribution in [0.3, 0.4) is 0 Å². The first-order valence-corrected chi connectivity index (χ1v) is 8.58. The summed E-state index contributed by atoms with van der Waals surface area (Å²) in [5.41, 5.74) is 2.56. The molecule has 0 spiro atoms. The van der Waals surface area contributed by atoms with E-state index in [0.717, 1.165) is 25.1 Å². The molecule has 2 aliphatic rings. The smallest absolute Gasteiger partial charge is 0.223 e. The zero-order valence-electron chi connectivity index (χ0n) is 13.5. The van der Waals surface area contributed by atoms with Gasteiger partial charge in [-0.15, -0.1) is 0 Å². The molecular weight excluding hydrogens is 304 g/mol. The third kappa shape index (κ3) is 2.94. The molecular formula is C18H22N4O2. The average molecular weight is 326 g/mol. The molecule has 24 heavy (non-hydrogen) atoms. The minimum atomic E-state index is -0.402. The molecule has 0 aliphatic heterocycles. The molecule has 6 heteroatoms. The van der Waals surface area contributed by atoms with Crippen molar-refractivity contribution in [3.63, 3.8) is 0 Å². The highest BCUT2D eigenvalue weighted by molar-refractivity contribution is 5.80. The van der Waals surface area contributed by atoms with Crippen molar-refractivity contribution in [2.75, 3.05) is 6.54 Å². The summed E-state index contributed by atoms with van der Waals surface area (Å²) in [7, 11) is 0. The number of fused-ring (bicyclic) bond motifs is 1. The van der Waals surface area contributed by atoms with E-state index in [1.165, 1.54) is 17.5 Å². The second kappa shape index (κ2) is 6.36. The summed E-state index contributed by atoms with van der Waals surface area (Å²) in [5.74, 6) is 1.22. The molecule has 2 aliphatic carbocycles. The molecule has 3 atom stereocenters. The van der Waals surface area contributed by atoms with Crippen molar-refractivity contribution in [2.24, 2.45) is 11.8 Å². The summed E-state index contributed by atoms with van der Waals surface area (Å²) in [6.07, 6.45) is 4.22. The Morgan fingerprint density at radius 3 is 2.67 bits per heavy atom. The Bertz CT molecular complexity index is 691. The second-order valence-corrected chi connectivity index (χ2v) is 6.99. The Morgan fingerprint density at radius 2 is 2.00 bits per heavy atom. The van der Waals surface area contributed by atoms with Gasteiger partial charge in [0, 0.05) is 24.3 Å². The molecule has 0 radical (unpaired) electrons. The quantitative estimate of drug-likeness (QED) is 0.787. The van der Waals surface area contributed by atoms with E-state index in [1.54, 1.807) is 0 Å². The monoisotopic (exact) mass is 326 g/mol. The number of nitrogens with zero attached hydrogens (tertiary/aromatic N) is 2. The molecule has 1 heterocycles. The predicted molar refractivity (Wildman–Crippen MR) is 88.2 cm³/mol. The maximum Gasteiger partial charge on any atom is 0.223 e. The van der Waals surface area contributed by atoms with E-state index in [-0.39, 0.29) is 23.7 Å². The van der Waals surface area contributed by atoms with Crippen LogP contribution in [0.1, 0.15) is 35.7 Å². The van der Waals surface area contributed by atoms with Crippen LogP contribution in [0.5, 0.6) is 0 Å². The predicted octanol–water partition coefficient (Wildman–Crippen LogP) is 1.19. The van der Waals surface area contributed by atoms with Gasteiger partial charge >= 0.3 is 0 Å². The Morgan fingerprint density at radius 1 is 1.25 bits per heavy atom. The van der Waals surface area contributed by atoms with Crippen molar-refractivity contribution in [1.29, 1.82) is 0 Å². The lowest BCUT2D eigenvalue weighted by atomic mass is 10.0. The van der Waals surface area contributed by atoms with E-state index in [9.17, 15) is 9.90 Å². The fraction of sp³-hybridized carbons (Fsp3) is 0.500. The molecule has 6 nitrogen and oxygen atoms in total. The number of aromatic amines is 1. The summed E-state index contributed by atoms with van der Waals surface area (Å²) >= 11 is 0. The highest BCUT2D eigenvalue weighted by atomic mass is 16.3. The molecule has 1 amide bonds. The zero-order valence-corrected chi connectivity index (χ0v) is 13.5. The first-order valence-electron chi connectivity index (χ1n) is 8.58. The van der Waals surface area contributed by atoms with E-state index in [1.807, 2.05) is 12.1 Å². The van der Waals surface area contributed by atoms with Crippen molar-refractivity contribution in [3.8, 4) is 0 Å². The number of aromatic nitrogens is 3. The minimum absolute atomic E-state index is 0.0195. The first kappa shape index (κ1) is 15.3. The van der Waals surface area contributed by atoms with Crippen molar-refractivity contribution < 1.29 is 9.90 Å². The molecule has 126 valence electrons.